The molecule has 0 saturated carbocycles. The average Bonchev–Trinajstić information content (AvgIpc) is 3.03. The maximum absolute atomic E-state index is 12.6. The third kappa shape index (κ3) is 3.87. The van der Waals surface area contributed by atoms with Crippen LogP contribution in [0.2, 0.25) is 0 Å². The van der Waals surface area contributed by atoms with Gasteiger partial charge in [-0.1, -0.05) is 11.6 Å². The molecule has 0 spiro atoms. The predicted molar refractivity (Wildman–Crippen MR) is 115 cm³/mol. The Labute approximate surface area is 169 Å². The van der Waals surface area contributed by atoms with Crippen molar-refractivity contribution < 1.29 is 4.79 Å². The smallest absolute Gasteiger partial charge is 0.223 e. The number of fused-ring (bicyclic) bond motifs is 1. The third-order valence-corrected chi connectivity index (χ3v) is 6.64. The average molecular weight is 395 g/mol. The van der Waals surface area contributed by atoms with Crippen LogP contribution in [0.15, 0.2) is 30.5 Å². The van der Waals surface area contributed by atoms with E-state index < -0.39 is 0 Å². The number of nitrogens with zero attached hydrogens (tertiary/aromatic N) is 3. The van der Waals surface area contributed by atoms with Crippen molar-refractivity contribution in [3.05, 3.63) is 51.6 Å². The number of hydrogen-bond donors (Lipinski definition) is 1. The molecule has 1 N–H and O–H groups in total. The second-order valence-corrected chi connectivity index (χ2v) is 8.87. The van der Waals surface area contributed by atoms with Gasteiger partial charge in [0.1, 0.15) is 5.01 Å². The first kappa shape index (κ1) is 18.9. The van der Waals surface area contributed by atoms with E-state index >= 15 is 0 Å². The van der Waals surface area contributed by atoms with Gasteiger partial charge in [-0.2, -0.15) is 0 Å². The monoisotopic (exact) mass is 394 g/mol. The molecule has 3 aromatic rings. The highest BCUT2D eigenvalue weighted by atomic mass is 32.1. The van der Waals surface area contributed by atoms with Crippen molar-refractivity contribution in [1.82, 2.24) is 15.3 Å². The number of aromatic nitrogens is 2. The molecule has 2 aromatic heterocycles. The molecule has 4 rings (SSSR count). The summed E-state index contributed by atoms with van der Waals surface area (Å²) in [4.78, 5) is 25.2. The van der Waals surface area contributed by atoms with E-state index in [4.69, 9.17) is 0 Å². The van der Waals surface area contributed by atoms with Gasteiger partial charge >= 0.3 is 0 Å². The second kappa shape index (κ2) is 7.87. The molecule has 1 amide bonds. The standard InChI is InChI=1S/C22H26N4OS/c1-14-4-5-19-18(12-14)20(6-9-23-19)26-10-7-17(8-11-26)22(27)24-13-21-25-15(2)16(3)28-21/h4-6,9,12,17H,7-8,10-11,13H2,1-3H3,(H,24,27). The Bertz CT molecular complexity index is 985. The number of nitrogens with one attached hydrogen (secondary N) is 1. The van der Waals surface area contributed by atoms with Gasteiger partial charge in [0.05, 0.1) is 17.8 Å². The maximum atomic E-state index is 12.6. The van der Waals surface area contributed by atoms with E-state index in [1.54, 1.807) is 11.3 Å². The van der Waals surface area contributed by atoms with Crippen molar-refractivity contribution in [2.75, 3.05) is 18.0 Å². The lowest BCUT2D eigenvalue weighted by molar-refractivity contribution is -0.125. The molecule has 3 heterocycles. The first-order chi connectivity index (χ1) is 13.5. The SMILES string of the molecule is Cc1ccc2nccc(N3CCC(C(=O)NCc4nc(C)c(C)s4)CC3)c2c1. The summed E-state index contributed by atoms with van der Waals surface area (Å²) in [5.74, 6) is 0.230. The Morgan fingerprint density at radius 1 is 1.21 bits per heavy atom. The molecule has 1 fully saturated rings. The highest BCUT2D eigenvalue weighted by molar-refractivity contribution is 7.11. The van der Waals surface area contributed by atoms with Crippen LogP contribution >= 0.6 is 11.3 Å². The van der Waals surface area contributed by atoms with Crippen molar-refractivity contribution in [3.8, 4) is 0 Å². The van der Waals surface area contributed by atoms with Crippen LogP contribution in [0.25, 0.3) is 10.9 Å². The van der Waals surface area contributed by atoms with Crippen LogP contribution in [0, 0.1) is 26.7 Å². The molecule has 1 aromatic carbocycles. The maximum Gasteiger partial charge on any atom is 0.223 e. The van der Waals surface area contributed by atoms with Gasteiger partial charge in [-0.25, -0.2) is 4.98 Å². The van der Waals surface area contributed by atoms with Crippen molar-refractivity contribution >= 4 is 33.8 Å². The van der Waals surface area contributed by atoms with E-state index in [2.05, 4.69) is 58.3 Å². The molecule has 1 aliphatic heterocycles. The molecule has 6 heteroatoms. The zero-order valence-electron chi connectivity index (χ0n) is 16.7. The molecule has 28 heavy (non-hydrogen) atoms. The number of pyridine rings is 1. The van der Waals surface area contributed by atoms with Gasteiger partial charge < -0.3 is 10.2 Å². The lowest BCUT2D eigenvalue weighted by Crippen LogP contribution is -2.40. The van der Waals surface area contributed by atoms with Gasteiger partial charge in [-0.3, -0.25) is 9.78 Å². The van der Waals surface area contributed by atoms with Gasteiger partial charge in [0, 0.05) is 41.2 Å². The van der Waals surface area contributed by atoms with Gasteiger partial charge in [-0.05, 0) is 51.8 Å². The van der Waals surface area contributed by atoms with Crippen LogP contribution in [0.3, 0.4) is 0 Å². The largest absolute Gasteiger partial charge is 0.371 e. The number of carbonyl (C=O) groups is 1. The summed E-state index contributed by atoms with van der Waals surface area (Å²) in [5, 5.41) is 5.26. The second-order valence-electron chi connectivity index (χ2n) is 7.58. The topological polar surface area (TPSA) is 58.1 Å². The summed E-state index contributed by atoms with van der Waals surface area (Å²) >= 11 is 1.66. The summed E-state index contributed by atoms with van der Waals surface area (Å²) < 4.78 is 0. The lowest BCUT2D eigenvalue weighted by atomic mass is 9.95. The summed E-state index contributed by atoms with van der Waals surface area (Å²) in [7, 11) is 0. The quantitative estimate of drug-likeness (QED) is 0.722. The first-order valence-electron chi connectivity index (χ1n) is 9.82. The number of carbonyl (C=O) groups excluding carboxylic acids is 1. The predicted octanol–water partition coefficient (Wildman–Crippen LogP) is 4.15. The Balaban J connectivity index is 1.38. The minimum atomic E-state index is 0.0771. The number of hydrogen-bond acceptors (Lipinski definition) is 5. The van der Waals surface area contributed by atoms with Gasteiger partial charge in [-0.15, -0.1) is 11.3 Å². The molecule has 0 radical (unpaired) electrons. The Kier molecular flexibility index (Phi) is 5.31. The Morgan fingerprint density at radius 3 is 2.71 bits per heavy atom. The summed E-state index contributed by atoms with van der Waals surface area (Å²) in [6.45, 7) is 8.50. The minimum absolute atomic E-state index is 0.0771. The summed E-state index contributed by atoms with van der Waals surface area (Å²) in [5.41, 5.74) is 4.55. The van der Waals surface area contributed by atoms with Crippen molar-refractivity contribution in [3.63, 3.8) is 0 Å². The van der Waals surface area contributed by atoms with E-state index in [1.165, 1.54) is 21.5 Å². The van der Waals surface area contributed by atoms with Crippen LogP contribution < -0.4 is 10.2 Å². The third-order valence-electron chi connectivity index (χ3n) is 5.57. The number of aryl methyl sites for hydroxylation is 3. The Morgan fingerprint density at radius 2 is 2.00 bits per heavy atom. The highest BCUT2D eigenvalue weighted by Crippen LogP contribution is 2.30. The summed E-state index contributed by atoms with van der Waals surface area (Å²) in [6, 6.07) is 8.47. The fraction of sp³-hybridized carbons (Fsp3) is 0.409. The fourth-order valence-corrected chi connectivity index (χ4v) is 4.70. The van der Waals surface area contributed by atoms with Crippen LogP contribution in [0.4, 0.5) is 5.69 Å². The molecule has 1 saturated heterocycles. The molecule has 1 aliphatic rings. The van der Waals surface area contributed by atoms with Gasteiger partial charge in [0.15, 0.2) is 0 Å². The van der Waals surface area contributed by atoms with E-state index in [0.717, 1.165) is 42.1 Å². The highest BCUT2D eigenvalue weighted by Gasteiger charge is 2.26. The van der Waals surface area contributed by atoms with E-state index in [-0.39, 0.29) is 11.8 Å². The number of piperidine rings is 1. The van der Waals surface area contributed by atoms with Crippen LogP contribution in [0.1, 0.15) is 34.0 Å². The zero-order valence-corrected chi connectivity index (χ0v) is 17.5. The number of thiazole rings is 1. The number of anilines is 1. The molecule has 0 aliphatic carbocycles. The number of amides is 1. The number of benzene rings is 1. The number of rotatable bonds is 4. The zero-order chi connectivity index (χ0) is 19.7. The first-order valence-corrected chi connectivity index (χ1v) is 10.6. The molecular weight excluding hydrogens is 368 g/mol. The Hall–Kier alpha value is -2.47. The molecule has 5 nitrogen and oxygen atoms in total. The van der Waals surface area contributed by atoms with Gasteiger partial charge in [0.25, 0.3) is 0 Å². The van der Waals surface area contributed by atoms with Gasteiger partial charge in [0.2, 0.25) is 5.91 Å². The van der Waals surface area contributed by atoms with Crippen molar-refractivity contribution in [2.45, 2.75) is 40.2 Å². The molecule has 146 valence electrons. The van der Waals surface area contributed by atoms with Crippen molar-refractivity contribution in [2.24, 2.45) is 5.92 Å². The lowest BCUT2D eigenvalue weighted by Gasteiger charge is -2.33. The molecule has 0 bridgehead atoms. The molecule has 0 unspecified atom stereocenters. The van der Waals surface area contributed by atoms with Crippen LogP contribution in [-0.2, 0) is 11.3 Å². The molecule has 0 atom stereocenters. The van der Waals surface area contributed by atoms with Crippen LogP contribution in [-0.4, -0.2) is 29.0 Å². The minimum Gasteiger partial charge on any atom is -0.371 e. The van der Waals surface area contributed by atoms with E-state index in [9.17, 15) is 4.79 Å². The molecular formula is C22H26N4OS. The van der Waals surface area contributed by atoms with E-state index in [0.29, 0.717) is 6.54 Å². The van der Waals surface area contributed by atoms with Crippen LogP contribution in [0.5, 0.6) is 0 Å². The summed E-state index contributed by atoms with van der Waals surface area (Å²) in [6.07, 6.45) is 3.62. The van der Waals surface area contributed by atoms with E-state index in [1.807, 2.05) is 13.1 Å². The normalized spacial score (nSPS) is 15.2. The fourth-order valence-electron chi connectivity index (χ4n) is 3.83. The van der Waals surface area contributed by atoms with Crippen molar-refractivity contribution in [1.29, 1.82) is 0 Å².